The van der Waals surface area contributed by atoms with Gasteiger partial charge in [0.25, 0.3) is 0 Å². The molecule has 96 valence electrons. The second-order valence-electron chi connectivity index (χ2n) is 4.84. The zero-order chi connectivity index (χ0) is 12.4. The van der Waals surface area contributed by atoms with E-state index in [9.17, 15) is 4.79 Å². The summed E-state index contributed by atoms with van der Waals surface area (Å²) in [5, 5.41) is 4.14. The molecule has 1 aromatic rings. The molecule has 1 amide bonds. The maximum absolute atomic E-state index is 11.1. The molecule has 1 saturated heterocycles. The molecule has 0 radical (unpaired) electrons. The third-order valence-electron chi connectivity index (χ3n) is 3.43. The smallest absolute Gasteiger partial charge is 0.240 e. The lowest BCUT2D eigenvalue weighted by Gasteiger charge is -2.12. The minimum Gasteiger partial charge on any atom is -0.298 e. The zero-order valence-corrected chi connectivity index (χ0v) is 11.1. The number of amides is 1. The molecular formula is C13H17N3OS. The highest BCUT2D eigenvalue weighted by atomic mass is 32.1. The monoisotopic (exact) mass is 263 g/mol. The number of rotatable bonds is 3. The van der Waals surface area contributed by atoms with Crippen LogP contribution in [0.1, 0.15) is 35.4 Å². The van der Waals surface area contributed by atoms with Gasteiger partial charge in [0, 0.05) is 24.3 Å². The summed E-state index contributed by atoms with van der Waals surface area (Å²) in [4.78, 5) is 16.1. The molecule has 1 fully saturated rings. The van der Waals surface area contributed by atoms with E-state index in [4.69, 9.17) is 0 Å². The Morgan fingerprint density at radius 1 is 1.28 bits per heavy atom. The Morgan fingerprint density at radius 2 is 2.11 bits per heavy atom. The van der Waals surface area contributed by atoms with Crippen molar-refractivity contribution in [1.29, 1.82) is 0 Å². The molecule has 3 heterocycles. The van der Waals surface area contributed by atoms with E-state index in [0.29, 0.717) is 6.42 Å². The number of hydrazone groups is 1. The summed E-state index contributed by atoms with van der Waals surface area (Å²) in [5.74, 6) is 0.0209. The molecular weight excluding hydrogens is 246 g/mol. The summed E-state index contributed by atoms with van der Waals surface area (Å²) >= 11 is 1.80. The van der Waals surface area contributed by atoms with Gasteiger partial charge in [0.1, 0.15) is 0 Å². The Morgan fingerprint density at radius 3 is 2.83 bits per heavy atom. The summed E-state index contributed by atoms with van der Waals surface area (Å²) in [5.41, 5.74) is 3.58. The van der Waals surface area contributed by atoms with Crippen molar-refractivity contribution in [3.05, 3.63) is 21.9 Å². The van der Waals surface area contributed by atoms with Crippen molar-refractivity contribution >= 4 is 23.0 Å². The van der Waals surface area contributed by atoms with Gasteiger partial charge in [0.2, 0.25) is 5.91 Å². The Labute approximate surface area is 111 Å². The third kappa shape index (κ3) is 2.62. The van der Waals surface area contributed by atoms with Gasteiger partial charge in [-0.1, -0.05) is 0 Å². The van der Waals surface area contributed by atoms with Gasteiger partial charge < -0.3 is 0 Å². The van der Waals surface area contributed by atoms with Crippen molar-refractivity contribution in [1.82, 2.24) is 10.3 Å². The molecule has 3 rings (SSSR count). The number of carbonyl (C=O) groups is 1. The molecule has 1 aromatic heterocycles. The van der Waals surface area contributed by atoms with Crippen LogP contribution in [-0.4, -0.2) is 29.6 Å². The largest absolute Gasteiger partial charge is 0.298 e. The van der Waals surface area contributed by atoms with E-state index in [1.165, 1.54) is 35.7 Å². The van der Waals surface area contributed by atoms with Crippen LogP contribution in [0.2, 0.25) is 0 Å². The fraction of sp³-hybridized carbons (Fsp3) is 0.538. The maximum atomic E-state index is 11.1. The fourth-order valence-electron chi connectivity index (χ4n) is 2.43. The molecule has 0 bridgehead atoms. The highest BCUT2D eigenvalue weighted by Crippen LogP contribution is 2.23. The van der Waals surface area contributed by atoms with Crippen molar-refractivity contribution in [2.24, 2.45) is 5.10 Å². The lowest BCUT2D eigenvalue weighted by atomic mass is 10.1. The van der Waals surface area contributed by atoms with Gasteiger partial charge in [-0.25, -0.2) is 5.43 Å². The second kappa shape index (κ2) is 5.20. The maximum Gasteiger partial charge on any atom is 0.240 e. The van der Waals surface area contributed by atoms with Crippen molar-refractivity contribution in [2.75, 3.05) is 13.1 Å². The van der Waals surface area contributed by atoms with Gasteiger partial charge in [-0.3, -0.25) is 9.69 Å². The molecule has 0 atom stereocenters. The van der Waals surface area contributed by atoms with Crippen molar-refractivity contribution in [2.45, 2.75) is 32.2 Å². The Hall–Kier alpha value is -1.20. The van der Waals surface area contributed by atoms with Crippen LogP contribution in [0.4, 0.5) is 0 Å². The molecule has 0 aromatic carbocycles. The van der Waals surface area contributed by atoms with Crippen LogP contribution in [0.3, 0.4) is 0 Å². The van der Waals surface area contributed by atoms with Crippen molar-refractivity contribution in [3.63, 3.8) is 0 Å². The topological polar surface area (TPSA) is 44.7 Å². The number of hydrogen-bond acceptors (Lipinski definition) is 4. The molecule has 0 unspecified atom stereocenters. The van der Waals surface area contributed by atoms with Crippen LogP contribution in [0.5, 0.6) is 0 Å². The van der Waals surface area contributed by atoms with Crippen LogP contribution in [-0.2, 0) is 11.3 Å². The molecule has 4 nitrogen and oxygen atoms in total. The minimum absolute atomic E-state index is 0.0209. The number of thiophene rings is 1. The Kier molecular flexibility index (Phi) is 3.43. The lowest BCUT2D eigenvalue weighted by molar-refractivity contribution is -0.121. The van der Waals surface area contributed by atoms with Crippen LogP contribution in [0.25, 0.3) is 0 Å². The van der Waals surface area contributed by atoms with E-state index in [1.54, 1.807) is 11.3 Å². The number of hydrogen-bond donors (Lipinski definition) is 1. The van der Waals surface area contributed by atoms with Gasteiger partial charge in [-0.2, -0.15) is 5.10 Å². The highest BCUT2D eigenvalue weighted by Gasteiger charge is 2.16. The predicted molar refractivity (Wildman–Crippen MR) is 72.7 cm³/mol. The number of nitrogens with one attached hydrogen (secondary N) is 1. The first-order chi connectivity index (χ1) is 8.81. The van der Waals surface area contributed by atoms with Gasteiger partial charge in [0.05, 0.1) is 10.6 Å². The summed E-state index contributed by atoms with van der Waals surface area (Å²) in [6.07, 6.45) is 3.97. The lowest BCUT2D eigenvalue weighted by Crippen LogP contribution is -2.25. The van der Waals surface area contributed by atoms with Crippen LogP contribution in [0.15, 0.2) is 17.2 Å². The highest BCUT2D eigenvalue weighted by molar-refractivity contribution is 7.14. The molecule has 0 saturated carbocycles. The van der Waals surface area contributed by atoms with E-state index in [-0.39, 0.29) is 5.91 Å². The van der Waals surface area contributed by atoms with Gasteiger partial charge >= 0.3 is 0 Å². The first kappa shape index (κ1) is 11.9. The molecule has 0 aliphatic carbocycles. The molecule has 0 spiro atoms. The Bertz CT molecular complexity index is 474. The average Bonchev–Trinajstić information content (AvgIpc) is 3.02. The summed E-state index contributed by atoms with van der Waals surface area (Å²) in [7, 11) is 0. The van der Waals surface area contributed by atoms with Crippen LogP contribution in [0, 0.1) is 0 Å². The number of likely N-dealkylation sites (tertiary alicyclic amines) is 1. The van der Waals surface area contributed by atoms with Crippen molar-refractivity contribution < 1.29 is 4.79 Å². The average molecular weight is 263 g/mol. The van der Waals surface area contributed by atoms with Crippen LogP contribution < -0.4 is 5.43 Å². The molecule has 5 heteroatoms. The van der Waals surface area contributed by atoms with E-state index in [0.717, 1.165) is 18.7 Å². The standard InChI is InChI=1S/C13H17N3OS/c17-13-6-4-11(14-15-13)12-5-3-10(18-12)9-16-7-1-2-8-16/h3,5H,1-2,4,6-9H2,(H,15,17). The van der Waals surface area contributed by atoms with E-state index in [2.05, 4.69) is 27.6 Å². The van der Waals surface area contributed by atoms with Gasteiger partial charge in [-0.05, 0) is 38.1 Å². The normalized spacial score (nSPS) is 20.9. The summed E-state index contributed by atoms with van der Waals surface area (Å²) < 4.78 is 0. The first-order valence-electron chi connectivity index (χ1n) is 6.48. The molecule has 18 heavy (non-hydrogen) atoms. The fourth-order valence-corrected chi connectivity index (χ4v) is 3.50. The molecule has 2 aliphatic rings. The predicted octanol–water partition coefficient (Wildman–Crippen LogP) is 1.96. The third-order valence-corrected chi connectivity index (χ3v) is 4.55. The SMILES string of the molecule is O=C1CCC(c2ccc(CN3CCCC3)s2)=NN1. The quantitative estimate of drug-likeness (QED) is 0.906. The summed E-state index contributed by atoms with van der Waals surface area (Å²) in [6, 6.07) is 4.32. The number of nitrogens with zero attached hydrogens (tertiary/aromatic N) is 2. The number of carbonyl (C=O) groups excluding carboxylic acids is 1. The van der Waals surface area contributed by atoms with Crippen LogP contribution >= 0.6 is 11.3 Å². The van der Waals surface area contributed by atoms with Gasteiger partial charge in [0.15, 0.2) is 0 Å². The van der Waals surface area contributed by atoms with E-state index < -0.39 is 0 Å². The van der Waals surface area contributed by atoms with Crippen molar-refractivity contribution in [3.8, 4) is 0 Å². The minimum atomic E-state index is 0.0209. The summed E-state index contributed by atoms with van der Waals surface area (Å²) in [6.45, 7) is 3.51. The van der Waals surface area contributed by atoms with Gasteiger partial charge in [-0.15, -0.1) is 11.3 Å². The van der Waals surface area contributed by atoms with E-state index in [1.807, 2.05) is 0 Å². The Balaban J connectivity index is 1.67. The molecule has 1 N–H and O–H groups in total. The first-order valence-corrected chi connectivity index (χ1v) is 7.30. The van der Waals surface area contributed by atoms with E-state index >= 15 is 0 Å². The molecule has 2 aliphatic heterocycles. The zero-order valence-electron chi connectivity index (χ0n) is 10.3. The second-order valence-corrected chi connectivity index (χ2v) is 6.01.